The number of aromatic nitrogens is 3. The lowest BCUT2D eigenvalue weighted by atomic mass is 10.2. The zero-order valence-electron chi connectivity index (χ0n) is 10.9. The first-order valence-electron chi connectivity index (χ1n) is 6.14. The second-order valence-electron chi connectivity index (χ2n) is 4.34. The van der Waals surface area contributed by atoms with Crippen LogP contribution < -0.4 is 5.73 Å². The Balaban J connectivity index is 2.35. The fourth-order valence-electron chi connectivity index (χ4n) is 1.96. The Morgan fingerprint density at radius 3 is 2.90 bits per heavy atom. The van der Waals surface area contributed by atoms with Gasteiger partial charge in [-0.3, -0.25) is 10.1 Å². The van der Waals surface area contributed by atoms with E-state index in [1.807, 2.05) is 13.0 Å². The summed E-state index contributed by atoms with van der Waals surface area (Å²) in [6.07, 6.45) is 1.69. The van der Waals surface area contributed by atoms with Gasteiger partial charge >= 0.3 is 0 Å². The number of nitro groups is 1. The fraction of sp³-hybridized carbons (Fsp3) is 0.333. The molecule has 0 atom stereocenters. The average Bonchev–Trinajstić information content (AvgIpc) is 2.74. The van der Waals surface area contributed by atoms with E-state index in [0.717, 1.165) is 24.1 Å². The molecule has 0 bridgehead atoms. The number of halogens is 1. The highest BCUT2D eigenvalue weighted by Crippen LogP contribution is 2.29. The van der Waals surface area contributed by atoms with Crippen LogP contribution in [0.15, 0.2) is 22.7 Å². The number of anilines is 1. The summed E-state index contributed by atoms with van der Waals surface area (Å²) in [5, 5.41) is 18.8. The molecule has 0 aliphatic rings. The SMILES string of the molecule is CCCc1c(N)nnn1Cc1cccc([N+](=O)[O-])c1Br. The van der Waals surface area contributed by atoms with Crippen LogP contribution in [0.2, 0.25) is 0 Å². The molecule has 0 spiro atoms. The lowest BCUT2D eigenvalue weighted by Crippen LogP contribution is -2.08. The van der Waals surface area contributed by atoms with Gasteiger partial charge in [0.25, 0.3) is 5.69 Å². The van der Waals surface area contributed by atoms with E-state index in [2.05, 4.69) is 26.2 Å². The predicted molar refractivity (Wildman–Crippen MR) is 78.3 cm³/mol. The van der Waals surface area contributed by atoms with Gasteiger partial charge < -0.3 is 5.73 Å². The van der Waals surface area contributed by atoms with Crippen LogP contribution in [0.3, 0.4) is 0 Å². The van der Waals surface area contributed by atoms with E-state index in [1.54, 1.807) is 10.7 Å². The van der Waals surface area contributed by atoms with Crippen LogP contribution >= 0.6 is 15.9 Å². The highest BCUT2D eigenvalue weighted by Gasteiger charge is 2.17. The van der Waals surface area contributed by atoms with Gasteiger partial charge in [0.2, 0.25) is 0 Å². The van der Waals surface area contributed by atoms with Crippen LogP contribution in [-0.2, 0) is 13.0 Å². The summed E-state index contributed by atoms with van der Waals surface area (Å²) in [5.74, 6) is 0.411. The Bertz CT molecular complexity index is 641. The van der Waals surface area contributed by atoms with Gasteiger partial charge in [0.1, 0.15) is 4.47 Å². The summed E-state index contributed by atoms with van der Waals surface area (Å²) in [6, 6.07) is 4.92. The monoisotopic (exact) mass is 339 g/mol. The Morgan fingerprint density at radius 1 is 1.50 bits per heavy atom. The third-order valence-electron chi connectivity index (χ3n) is 2.93. The first kappa shape index (κ1) is 14.4. The molecule has 20 heavy (non-hydrogen) atoms. The lowest BCUT2D eigenvalue weighted by molar-refractivity contribution is -0.385. The summed E-state index contributed by atoms with van der Waals surface area (Å²) in [5.41, 5.74) is 7.44. The van der Waals surface area contributed by atoms with E-state index in [4.69, 9.17) is 5.73 Å². The Morgan fingerprint density at radius 2 is 2.25 bits per heavy atom. The molecule has 0 aliphatic carbocycles. The number of nitrogens with zero attached hydrogens (tertiary/aromatic N) is 4. The zero-order valence-corrected chi connectivity index (χ0v) is 12.5. The maximum Gasteiger partial charge on any atom is 0.283 e. The maximum absolute atomic E-state index is 10.9. The van der Waals surface area contributed by atoms with E-state index < -0.39 is 4.92 Å². The Hall–Kier alpha value is -1.96. The normalized spacial score (nSPS) is 10.7. The van der Waals surface area contributed by atoms with Crippen LogP contribution in [0.5, 0.6) is 0 Å². The van der Waals surface area contributed by atoms with Crippen molar-refractivity contribution in [3.63, 3.8) is 0 Å². The van der Waals surface area contributed by atoms with Gasteiger partial charge in [-0.25, -0.2) is 4.68 Å². The number of hydrogen-bond donors (Lipinski definition) is 1. The van der Waals surface area contributed by atoms with Gasteiger partial charge in [0, 0.05) is 6.07 Å². The number of nitrogens with two attached hydrogens (primary N) is 1. The number of nitrogen functional groups attached to an aromatic ring is 1. The molecule has 0 aliphatic heterocycles. The van der Waals surface area contributed by atoms with Crippen LogP contribution in [-0.4, -0.2) is 19.9 Å². The van der Waals surface area contributed by atoms with Crippen LogP contribution in [0.4, 0.5) is 11.5 Å². The van der Waals surface area contributed by atoms with Crippen molar-refractivity contribution in [2.45, 2.75) is 26.3 Å². The largest absolute Gasteiger partial charge is 0.381 e. The minimum Gasteiger partial charge on any atom is -0.381 e. The standard InChI is InChI=1S/C12H14BrN5O2/c1-2-4-10-12(14)15-16-17(10)7-8-5-3-6-9(11(8)13)18(19)20/h3,5-6H,2,4,7,14H2,1H3. The van der Waals surface area contributed by atoms with Crippen molar-refractivity contribution < 1.29 is 4.92 Å². The molecule has 0 saturated heterocycles. The van der Waals surface area contributed by atoms with Crippen molar-refractivity contribution in [1.82, 2.24) is 15.0 Å². The molecule has 0 saturated carbocycles. The zero-order chi connectivity index (χ0) is 14.7. The summed E-state index contributed by atoms with van der Waals surface area (Å²) < 4.78 is 2.14. The summed E-state index contributed by atoms with van der Waals surface area (Å²) in [4.78, 5) is 10.5. The van der Waals surface area contributed by atoms with Crippen molar-refractivity contribution in [2.75, 3.05) is 5.73 Å². The lowest BCUT2D eigenvalue weighted by Gasteiger charge is -2.08. The summed E-state index contributed by atoms with van der Waals surface area (Å²) in [7, 11) is 0. The highest BCUT2D eigenvalue weighted by atomic mass is 79.9. The highest BCUT2D eigenvalue weighted by molar-refractivity contribution is 9.10. The van der Waals surface area contributed by atoms with Crippen LogP contribution in [0, 0.1) is 10.1 Å². The molecule has 1 heterocycles. The van der Waals surface area contributed by atoms with E-state index in [9.17, 15) is 10.1 Å². The summed E-state index contributed by atoms with van der Waals surface area (Å²) in [6.45, 7) is 2.43. The van der Waals surface area contributed by atoms with E-state index in [0.29, 0.717) is 16.8 Å². The van der Waals surface area contributed by atoms with Crippen molar-refractivity contribution in [1.29, 1.82) is 0 Å². The first-order chi connectivity index (χ1) is 9.54. The minimum absolute atomic E-state index is 0.0348. The first-order valence-corrected chi connectivity index (χ1v) is 6.93. The van der Waals surface area contributed by atoms with Crippen molar-refractivity contribution >= 4 is 27.4 Å². The van der Waals surface area contributed by atoms with Gasteiger partial charge in [0.05, 0.1) is 17.2 Å². The third-order valence-corrected chi connectivity index (χ3v) is 3.85. The fourth-order valence-corrected chi connectivity index (χ4v) is 2.49. The van der Waals surface area contributed by atoms with Gasteiger partial charge in [-0.1, -0.05) is 30.7 Å². The topological polar surface area (TPSA) is 99.9 Å². The molecular formula is C12H14BrN5O2. The molecular weight excluding hydrogens is 326 g/mol. The van der Waals surface area contributed by atoms with Gasteiger partial charge in [0.15, 0.2) is 5.82 Å². The van der Waals surface area contributed by atoms with E-state index in [1.165, 1.54) is 6.07 Å². The molecule has 0 amide bonds. The number of benzene rings is 1. The number of hydrogen-bond acceptors (Lipinski definition) is 5. The summed E-state index contributed by atoms with van der Waals surface area (Å²) >= 11 is 3.28. The quantitative estimate of drug-likeness (QED) is 0.666. The molecule has 0 radical (unpaired) electrons. The smallest absolute Gasteiger partial charge is 0.283 e. The Labute approximate surface area is 124 Å². The van der Waals surface area contributed by atoms with Gasteiger partial charge in [-0.15, -0.1) is 5.10 Å². The Kier molecular flexibility index (Phi) is 4.33. The van der Waals surface area contributed by atoms with Gasteiger partial charge in [-0.2, -0.15) is 0 Å². The van der Waals surface area contributed by atoms with Crippen molar-refractivity contribution in [2.24, 2.45) is 0 Å². The van der Waals surface area contributed by atoms with E-state index in [-0.39, 0.29) is 5.69 Å². The average molecular weight is 340 g/mol. The molecule has 106 valence electrons. The molecule has 0 unspecified atom stereocenters. The number of nitro benzene ring substituents is 1. The van der Waals surface area contributed by atoms with Crippen molar-refractivity contribution in [3.05, 3.63) is 44.0 Å². The second kappa shape index (κ2) is 6.00. The molecule has 7 nitrogen and oxygen atoms in total. The van der Waals surface area contributed by atoms with E-state index >= 15 is 0 Å². The van der Waals surface area contributed by atoms with Crippen molar-refractivity contribution in [3.8, 4) is 0 Å². The molecule has 8 heteroatoms. The third kappa shape index (κ3) is 2.79. The van der Waals surface area contributed by atoms with Crippen LogP contribution in [0.1, 0.15) is 24.6 Å². The minimum atomic E-state index is -0.420. The molecule has 2 N–H and O–H groups in total. The molecule has 2 aromatic rings. The molecule has 2 rings (SSSR count). The molecule has 0 fully saturated rings. The predicted octanol–water partition coefficient (Wildman–Crippen LogP) is 2.53. The van der Waals surface area contributed by atoms with Gasteiger partial charge in [-0.05, 0) is 27.9 Å². The second-order valence-corrected chi connectivity index (χ2v) is 5.13. The molecule has 1 aromatic heterocycles. The maximum atomic E-state index is 10.9. The molecule has 1 aromatic carbocycles. The van der Waals surface area contributed by atoms with Crippen LogP contribution in [0.25, 0.3) is 0 Å². The number of rotatable bonds is 5.